The van der Waals surface area contributed by atoms with Crippen molar-refractivity contribution in [3.05, 3.63) is 29.6 Å². The maximum Gasteiger partial charge on any atom is 0.161 e. The Morgan fingerprint density at radius 1 is 1.50 bits per heavy atom. The minimum absolute atomic E-state index is 0.0666. The van der Waals surface area contributed by atoms with E-state index in [1.807, 2.05) is 0 Å². The number of hydrogen-bond acceptors (Lipinski definition) is 2. The molecule has 1 aliphatic heterocycles. The van der Waals surface area contributed by atoms with E-state index in [9.17, 15) is 9.18 Å². The lowest BCUT2D eigenvalue weighted by Gasteiger charge is -2.35. The molecule has 0 bridgehead atoms. The van der Waals surface area contributed by atoms with Crippen LogP contribution in [0.5, 0.6) is 0 Å². The van der Waals surface area contributed by atoms with Crippen LogP contribution in [0.15, 0.2) is 18.2 Å². The molecule has 2 rings (SSSR count). The second-order valence-corrected chi connectivity index (χ2v) is 5.08. The quantitative estimate of drug-likeness (QED) is 0.762. The molecule has 18 heavy (non-hydrogen) atoms. The van der Waals surface area contributed by atoms with Crippen molar-refractivity contribution in [1.82, 2.24) is 0 Å². The third kappa shape index (κ3) is 2.71. The Kier molecular flexibility index (Phi) is 4.00. The van der Waals surface area contributed by atoms with Crippen LogP contribution in [-0.4, -0.2) is 18.9 Å². The SMILES string of the molecule is CCC1CCCN(c2ccc(F)cc2C(C)=O)C1. The molecule has 0 aromatic heterocycles. The van der Waals surface area contributed by atoms with Crippen LogP contribution in [0.1, 0.15) is 43.5 Å². The largest absolute Gasteiger partial charge is 0.371 e. The number of nitrogens with zero attached hydrogens (tertiary/aromatic N) is 1. The van der Waals surface area contributed by atoms with Crippen molar-refractivity contribution in [1.29, 1.82) is 0 Å². The summed E-state index contributed by atoms with van der Waals surface area (Å²) in [5.41, 5.74) is 1.40. The van der Waals surface area contributed by atoms with Gasteiger partial charge in [-0.05, 0) is 43.9 Å². The fourth-order valence-electron chi connectivity index (χ4n) is 2.68. The predicted octanol–water partition coefficient (Wildman–Crippen LogP) is 3.65. The van der Waals surface area contributed by atoms with Gasteiger partial charge in [0.05, 0.1) is 0 Å². The van der Waals surface area contributed by atoms with Gasteiger partial charge < -0.3 is 4.90 Å². The molecule has 1 unspecified atom stereocenters. The Morgan fingerprint density at radius 2 is 2.28 bits per heavy atom. The van der Waals surface area contributed by atoms with Crippen molar-refractivity contribution in [2.45, 2.75) is 33.1 Å². The molecule has 0 amide bonds. The Labute approximate surface area is 108 Å². The number of carbonyl (C=O) groups is 1. The first-order chi connectivity index (χ1) is 8.61. The molecule has 0 spiro atoms. The van der Waals surface area contributed by atoms with Gasteiger partial charge in [-0.25, -0.2) is 4.39 Å². The molecular formula is C15H20FNO. The lowest BCUT2D eigenvalue weighted by molar-refractivity contribution is 0.101. The highest BCUT2D eigenvalue weighted by Gasteiger charge is 2.21. The molecule has 1 fully saturated rings. The Hall–Kier alpha value is -1.38. The topological polar surface area (TPSA) is 20.3 Å². The third-order valence-corrected chi connectivity index (χ3v) is 3.77. The van der Waals surface area contributed by atoms with Gasteiger partial charge in [-0.3, -0.25) is 4.79 Å². The van der Waals surface area contributed by atoms with Gasteiger partial charge in [0.1, 0.15) is 5.82 Å². The van der Waals surface area contributed by atoms with E-state index in [1.54, 1.807) is 6.07 Å². The van der Waals surface area contributed by atoms with Gasteiger partial charge in [0.25, 0.3) is 0 Å². The molecular weight excluding hydrogens is 229 g/mol. The molecule has 0 saturated carbocycles. The molecule has 98 valence electrons. The maximum absolute atomic E-state index is 13.2. The minimum atomic E-state index is -0.340. The van der Waals surface area contributed by atoms with Crippen molar-refractivity contribution in [2.24, 2.45) is 5.92 Å². The van der Waals surface area contributed by atoms with Crippen molar-refractivity contribution in [3.8, 4) is 0 Å². The van der Waals surface area contributed by atoms with Crippen LogP contribution in [-0.2, 0) is 0 Å². The second-order valence-electron chi connectivity index (χ2n) is 5.08. The van der Waals surface area contributed by atoms with E-state index in [2.05, 4.69) is 11.8 Å². The van der Waals surface area contributed by atoms with Crippen molar-refractivity contribution in [3.63, 3.8) is 0 Å². The third-order valence-electron chi connectivity index (χ3n) is 3.77. The van der Waals surface area contributed by atoms with Crippen molar-refractivity contribution >= 4 is 11.5 Å². The van der Waals surface area contributed by atoms with E-state index in [4.69, 9.17) is 0 Å². The van der Waals surface area contributed by atoms with Gasteiger partial charge >= 0.3 is 0 Å². The number of ketones is 1. The molecule has 1 atom stereocenters. The van der Waals surface area contributed by atoms with Crippen LogP contribution in [0.2, 0.25) is 0 Å². The van der Waals surface area contributed by atoms with Crippen molar-refractivity contribution in [2.75, 3.05) is 18.0 Å². The Morgan fingerprint density at radius 3 is 2.94 bits per heavy atom. The van der Waals surface area contributed by atoms with Crippen LogP contribution in [0.25, 0.3) is 0 Å². The molecule has 0 aliphatic carbocycles. The number of Topliss-reactive ketones (excluding diaryl/α,β-unsaturated/α-hetero) is 1. The zero-order chi connectivity index (χ0) is 13.1. The van der Waals surface area contributed by atoms with E-state index in [1.165, 1.54) is 25.5 Å². The summed E-state index contributed by atoms with van der Waals surface area (Å²) in [6.07, 6.45) is 3.56. The van der Waals surface area contributed by atoms with Crippen molar-refractivity contribution < 1.29 is 9.18 Å². The summed E-state index contributed by atoms with van der Waals surface area (Å²) in [6, 6.07) is 4.54. The first-order valence-corrected chi connectivity index (χ1v) is 6.67. The van der Waals surface area contributed by atoms with Gasteiger partial charge in [-0.1, -0.05) is 13.3 Å². The van der Waals surface area contributed by atoms with Crippen LogP contribution in [0.4, 0.5) is 10.1 Å². The van der Waals surface area contributed by atoms with Crippen LogP contribution < -0.4 is 4.90 Å². The summed E-state index contributed by atoms with van der Waals surface area (Å²) in [6.45, 7) is 5.63. The summed E-state index contributed by atoms with van der Waals surface area (Å²) in [7, 11) is 0. The summed E-state index contributed by atoms with van der Waals surface area (Å²) in [5, 5.41) is 0. The van der Waals surface area contributed by atoms with Crippen LogP contribution >= 0.6 is 0 Å². The fraction of sp³-hybridized carbons (Fsp3) is 0.533. The number of piperidine rings is 1. The van der Waals surface area contributed by atoms with E-state index >= 15 is 0 Å². The highest BCUT2D eigenvalue weighted by molar-refractivity contribution is 5.99. The predicted molar refractivity (Wildman–Crippen MR) is 71.6 cm³/mol. The minimum Gasteiger partial charge on any atom is -0.371 e. The average molecular weight is 249 g/mol. The van der Waals surface area contributed by atoms with Gasteiger partial charge in [0, 0.05) is 24.3 Å². The number of rotatable bonds is 3. The molecule has 0 radical (unpaired) electrons. The molecule has 2 nitrogen and oxygen atoms in total. The van der Waals surface area contributed by atoms with Gasteiger partial charge in [-0.2, -0.15) is 0 Å². The monoisotopic (exact) mass is 249 g/mol. The molecule has 1 heterocycles. The number of anilines is 1. The first kappa shape index (κ1) is 13.1. The summed E-state index contributed by atoms with van der Waals surface area (Å²) in [5.74, 6) is 0.278. The number of benzene rings is 1. The first-order valence-electron chi connectivity index (χ1n) is 6.67. The standard InChI is InChI=1S/C15H20FNO/c1-3-12-5-4-8-17(10-12)15-7-6-13(16)9-14(15)11(2)18/h6-7,9,12H,3-5,8,10H2,1-2H3. The van der Waals surface area contributed by atoms with Gasteiger partial charge in [0.2, 0.25) is 0 Å². The van der Waals surface area contributed by atoms with E-state index in [-0.39, 0.29) is 11.6 Å². The van der Waals surface area contributed by atoms with Gasteiger partial charge in [-0.15, -0.1) is 0 Å². The number of carbonyl (C=O) groups excluding carboxylic acids is 1. The molecule has 1 saturated heterocycles. The van der Waals surface area contributed by atoms with Gasteiger partial charge in [0.15, 0.2) is 5.78 Å². The summed E-state index contributed by atoms with van der Waals surface area (Å²) >= 11 is 0. The van der Waals surface area contributed by atoms with E-state index in [0.717, 1.165) is 31.6 Å². The highest BCUT2D eigenvalue weighted by atomic mass is 19.1. The maximum atomic E-state index is 13.2. The van der Waals surface area contributed by atoms with E-state index < -0.39 is 0 Å². The molecule has 3 heteroatoms. The van der Waals surface area contributed by atoms with E-state index in [0.29, 0.717) is 11.5 Å². The zero-order valence-corrected chi connectivity index (χ0v) is 11.1. The lowest BCUT2D eigenvalue weighted by Crippen LogP contribution is -2.36. The van der Waals surface area contributed by atoms with Crippen LogP contribution in [0.3, 0.4) is 0 Å². The molecule has 1 aromatic carbocycles. The average Bonchev–Trinajstić information content (AvgIpc) is 2.38. The summed E-state index contributed by atoms with van der Waals surface area (Å²) < 4.78 is 13.2. The number of halogens is 1. The Bertz CT molecular complexity index is 444. The molecule has 0 N–H and O–H groups in total. The fourth-order valence-corrected chi connectivity index (χ4v) is 2.68. The molecule has 1 aromatic rings. The lowest BCUT2D eigenvalue weighted by atomic mass is 9.94. The second kappa shape index (κ2) is 5.51. The normalized spacial score (nSPS) is 19.9. The smallest absolute Gasteiger partial charge is 0.161 e. The highest BCUT2D eigenvalue weighted by Crippen LogP contribution is 2.28. The number of hydrogen-bond donors (Lipinski definition) is 0. The van der Waals surface area contributed by atoms with Crippen LogP contribution in [0, 0.1) is 11.7 Å². The Balaban J connectivity index is 2.29. The summed E-state index contributed by atoms with van der Waals surface area (Å²) in [4.78, 5) is 13.8. The molecule has 1 aliphatic rings. The zero-order valence-electron chi connectivity index (χ0n) is 11.1.